The fourth-order valence-electron chi connectivity index (χ4n) is 3.26. The third kappa shape index (κ3) is 4.80. The molecule has 5 nitrogen and oxygen atoms in total. The first-order valence-electron chi connectivity index (χ1n) is 8.82. The van der Waals surface area contributed by atoms with Gasteiger partial charge < -0.3 is 5.32 Å². The van der Waals surface area contributed by atoms with E-state index in [1.807, 2.05) is 24.3 Å². The normalized spacial score (nSPS) is 16.0. The number of fused-ring (bicyclic) bond motifs is 1. The molecule has 1 aliphatic carbocycles. The van der Waals surface area contributed by atoms with Crippen LogP contribution in [-0.4, -0.2) is 26.9 Å². The molecule has 0 unspecified atom stereocenters. The summed E-state index contributed by atoms with van der Waals surface area (Å²) in [6.45, 7) is 0.105. The van der Waals surface area contributed by atoms with Gasteiger partial charge in [0.2, 0.25) is 15.9 Å². The number of hydrogen-bond donors (Lipinski definition) is 2. The van der Waals surface area contributed by atoms with Gasteiger partial charge in [-0.15, -0.1) is 0 Å². The molecule has 0 bridgehead atoms. The van der Waals surface area contributed by atoms with Crippen molar-refractivity contribution in [2.24, 2.45) is 0 Å². The van der Waals surface area contributed by atoms with E-state index in [9.17, 15) is 13.2 Å². The zero-order chi connectivity index (χ0) is 17.7. The summed E-state index contributed by atoms with van der Waals surface area (Å²) in [7, 11) is -3.61. The van der Waals surface area contributed by atoms with E-state index in [4.69, 9.17) is 0 Å². The molecule has 3 rings (SSSR count). The van der Waals surface area contributed by atoms with E-state index in [0.717, 1.165) is 36.5 Å². The molecule has 2 aromatic carbocycles. The summed E-state index contributed by atoms with van der Waals surface area (Å²) in [6.07, 6.45) is 5.74. The van der Waals surface area contributed by atoms with Crippen molar-refractivity contribution in [2.45, 2.75) is 49.5 Å². The first-order valence-corrected chi connectivity index (χ1v) is 10.3. The summed E-state index contributed by atoms with van der Waals surface area (Å²) >= 11 is 0. The Bertz CT molecular complexity index is 843. The Balaban J connectivity index is 1.54. The third-order valence-electron chi connectivity index (χ3n) is 4.65. The van der Waals surface area contributed by atoms with Gasteiger partial charge in [0.15, 0.2) is 0 Å². The Labute approximate surface area is 148 Å². The molecule has 0 aliphatic heterocycles. The Morgan fingerprint density at radius 2 is 1.72 bits per heavy atom. The molecule has 134 valence electrons. The standard InChI is InChI=1S/C19H24N2O3S/c22-19(21-17-8-2-1-3-9-17)12-13-20-25(23,24)18-11-10-15-6-4-5-7-16(15)14-18/h4-7,10-11,14,17,20H,1-3,8-9,12-13H2,(H,21,22). The van der Waals surface area contributed by atoms with Gasteiger partial charge in [-0.25, -0.2) is 13.1 Å². The van der Waals surface area contributed by atoms with Crippen LogP contribution in [0.4, 0.5) is 0 Å². The van der Waals surface area contributed by atoms with Crippen LogP contribution < -0.4 is 10.0 Å². The number of nitrogens with one attached hydrogen (secondary N) is 2. The largest absolute Gasteiger partial charge is 0.353 e. The van der Waals surface area contributed by atoms with E-state index >= 15 is 0 Å². The van der Waals surface area contributed by atoms with Crippen LogP contribution in [0.15, 0.2) is 47.4 Å². The lowest BCUT2D eigenvalue weighted by atomic mass is 9.95. The lowest BCUT2D eigenvalue weighted by molar-refractivity contribution is -0.121. The van der Waals surface area contributed by atoms with Crippen LogP contribution in [-0.2, 0) is 14.8 Å². The van der Waals surface area contributed by atoms with Gasteiger partial charge in [-0.1, -0.05) is 49.6 Å². The maximum atomic E-state index is 12.4. The lowest BCUT2D eigenvalue weighted by Gasteiger charge is -2.22. The predicted molar refractivity (Wildman–Crippen MR) is 98.8 cm³/mol. The predicted octanol–water partition coefficient (Wildman–Crippen LogP) is 2.96. The monoisotopic (exact) mass is 360 g/mol. The zero-order valence-electron chi connectivity index (χ0n) is 14.2. The quantitative estimate of drug-likeness (QED) is 0.832. The molecule has 2 N–H and O–H groups in total. The molecular weight excluding hydrogens is 336 g/mol. The average molecular weight is 360 g/mol. The Hall–Kier alpha value is -1.92. The lowest BCUT2D eigenvalue weighted by Crippen LogP contribution is -2.38. The van der Waals surface area contributed by atoms with Crippen molar-refractivity contribution in [3.8, 4) is 0 Å². The number of rotatable bonds is 6. The van der Waals surface area contributed by atoms with Gasteiger partial charge in [0.25, 0.3) is 0 Å². The molecule has 0 radical (unpaired) electrons. The Morgan fingerprint density at radius 3 is 2.48 bits per heavy atom. The van der Waals surface area contributed by atoms with Crippen LogP contribution in [0.5, 0.6) is 0 Å². The van der Waals surface area contributed by atoms with E-state index in [1.54, 1.807) is 18.2 Å². The summed E-state index contributed by atoms with van der Waals surface area (Å²) in [5.41, 5.74) is 0. The van der Waals surface area contributed by atoms with Gasteiger partial charge >= 0.3 is 0 Å². The molecule has 1 aliphatic rings. The number of benzene rings is 2. The molecule has 0 heterocycles. The molecule has 0 saturated heterocycles. The molecule has 1 fully saturated rings. The molecule has 0 atom stereocenters. The van der Waals surface area contributed by atoms with Crippen LogP contribution >= 0.6 is 0 Å². The number of carbonyl (C=O) groups is 1. The summed E-state index contributed by atoms with van der Waals surface area (Å²) in [5, 5.41) is 4.86. The second-order valence-electron chi connectivity index (χ2n) is 6.56. The van der Waals surface area contributed by atoms with Gasteiger partial charge in [-0.3, -0.25) is 4.79 Å². The van der Waals surface area contributed by atoms with Crippen molar-refractivity contribution in [1.29, 1.82) is 0 Å². The Morgan fingerprint density at radius 1 is 1.00 bits per heavy atom. The smallest absolute Gasteiger partial charge is 0.240 e. The van der Waals surface area contributed by atoms with Crippen molar-refractivity contribution in [1.82, 2.24) is 10.0 Å². The van der Waals surface area contributed by atoms with Crippen molar-refractivity contribution in [3.05, 3.63) is 42.5 Å². The second kappa shape index (κ2) is 7.97. The van der Waals surface area contributed by atoms with E-state index < -0.39 is 10.0 Å². The minimum absolute atomic E-state index is 0.0897. The maximum absolute atomic E-state index is 12.4. The van der Waals surface area contributed by atoms with Crippen molar-refractivity contribution < 1.29 is 13.2 Å². The van der Waals surface area contributed by atoms with Crippen LogP contribution in [0.3, 0.4) is 0 Å². The van der Waals surface area contributed by atoms with Gasteiger partial charge in [-0.05, 0) is 35.7 Å². The first-order chi connectivity index (χ1) is 12.0. The van der Waals surface area contributed by atoms with Crippen molar-refractivity contribution in [3.63, 3.8) is 0 Å². The fourth-order valence-corrected chi connectivity index (χ4v) is 4.33. The van der Waals surface area contributed by atoms with Crippen molar-refractivity contribution >= 4 is 26.7 Å². The molecule has 1 amide bonds. The molecular formula is C19H24N2O3S. The van der Waals surface area contributed by atoms with E-state index in [1.165, 1.54) is 6.42 Å². The highest BCUT2D eigenvalue weighted by Gasteiger charge is 2.17. The molecule has 0 aromatic heterocycles. The first kappa shape index (κ1) is 17.9. The number of hydrogen-bond acceptors (Lipinski definition) is 3. The van der Waals surface area contributed by atoms with E-state index in [-0.39, 0.29) is 29.8 Å². The van der Waals surface area contributed by atoms with E-state index in [2.05, 4.69) is 10.0 Å². The summed E-state index contributed by atoms with van der Waals surface area (Å²) in [5.74, 6) is -0.0897. The van der Waals surface area contributed by atoms with Crippen molar-refractivity contribution in [2.75, 3.05) is 6.54 Å². The molecule has 6 heteroatoms. The molecule has 25 heavy (non-hydrogen) atoms. The molecule has 1 saturated carbocycles. The zero-order valence-corrected chi connectivity index (χ0v) is 15.0. The number of amides is 1. The maximum Gasteiger partial charge on any atom is 0.240 e. The van der Waals surface area contributed by atoms with E-state index in [0.29, 0.717) is 0 Å². The third-order valence-corrected chi connectivity index (χ3v) is 6.10. The minimum atomic E-state index is -3.61. The van der Waals surface area contributed by atoms with Gasteiger partial charge in [0.05, 0.1) is 4.90 Å². The van der Waals surface area contributed by atoms with Gasteiger partial charge in [0, 0.05) is 19.0 Å². The highest BCUT2D eigenvalue weighted by molar-refractivity contribution is 7.89. The number of sulfonamides is 1. The van der Waals surface area contributed by atoms with Crippen LogP contribution in [0, 0.1) is 0 Å². The summed E-state index contributed by atoms with van der Waals surface area (Å²) < 4.78 is 27.3. The molecule has 2 aromatic rings. The minimum Gasteiger partial charge on any atom is -0.353 e. The number of carbonyl (C=O) groups excluding carboxylic acids is 1. The second-order valence-corrected chi connectivity index (χ2v) is 8.33. The SMILES string of the molecule is O=C(CCNS(=O)(=O)c1ccc2ccccc2c1)NC1CCCCC1. The fraction of sp³-hybridized carbons (Fsp3) is 0.421. The Kier molecular flexibility index (Phi) is 5.71. The van der Waals surface area contributed by atoms with Crippen LogP contribution in [0.2, 0.25) is 0 Å². The highest BCUT2D eigenvalue weighted by atomic mass is 32.2. The van der Waals surface area contributed by atoms with Crippen LogP contribution in [0.1, 0.15) is 38.5 Å². The van der Waals surface area contributed by atoms with Gasteiger partial charge in [-0.2, -0.15) is 0 Å². The molecule has 0 spiro atoms. The highest BCUT2D eigenvalue weighted by Crippen LogP contribution is 2.19. The topological polar surface area (TPSA) is 75.3 Å². The average Bonchev–Trinajstić information content (AvgIpc) is 2.62. The van der Waals surface area contributed by atoms with Gasteiger partial charge in [0.1, 0.15) is 0 Å². The summed E-state index contributed by atoms with van der Waals surface area (Å²) in [4.78, 5) is 12.2. The van der Waals surface area contributed by atoms with Crippen LogP contribution in [0.25, 0.3) is 10.8 Å². The summed E-state index contributed by atoms with van der Waals surface area (Å²) in [6, 6.07) is 12.9.